The molecule has 2 unspecified atom stereocenters. The fourth-order valence-corrected chi connectivity index (χ4v) is 3.60. The second kappa shape index (κ2) is 5.21. The first-order chi connectivity index (χ1) is 6.87. The van der Waals surface area contributed by atoms with Gasteiger partial charge in [-0.05, 0) is 20.3 Å². The topological polar surface area (TPSA) is 58.5 Å². The summed E-state index contributed by atoms with van der Waals surface area (Å²) in [5.74, 6) is 1.21. The van der Waals surface area contributed by atoms with Crippen molar-refractivity contribution in [3.63, 3.8) is 0 Å². The molecule has 1 heterocycles. The second-order valence-corrected chi connectivity index (χ2v) is 7.33. The van der Waals surface area contributed by atoms with Crippen molar-refractivity contribution in [2.45, 2.75) is 32.4 Å². The molecule has 0 saturated carbocycles. The summed E-state index contributed by atoms with van der Waals surface area (Å²) in [6, 6.07) is 0.274. The van der Waals surface area contributed by atoms with Crippen molar-refractivity contribution in [2.24, 2.45) is 4.99 Å². The van der Waals surface area contributed by atoms with Gasteiger partial charge in [0.25, 0.3) is 0 Å². The van der Waals surface area contributed by atoms with Crippen LogP contribution in [0, 0.1) is 0 Å². The van der Waals surface area contributed by atoms with E-state index in [2.05, 4.69) is 17.2 Å². The second-order valence-electron chi connectivity index (χ2n) is 4.06. The summed E-state index contributed by atoms with van der Waals surface area (Å²) < 4.78 is 22.1. The van der Waals surface area contributed by atoms with E-state index < -0.39 is 9.84 Å². The van der Waals surface area contributed by atoms with Crippen LogP contribution in [-0.4, -0.2) is 43.4 Å². The summed E-state index contributed by atoms with van der Waals surface area (Å²) in [6.45, 7) is 3.94. The molecule has 0 spiro atoms. The molecule has 1 aliphatic rings. The number of rotatable bonds is 3. The van der Waals surface area contributed by atoms with Gasteiger partial charge in [-0.3, -0.25) is 4.99 Å². The van der Waals surface area contributed by atoms with E-state index in [1.165, 1.54) is 6.26 Å². The van der Waals surface area contributed by atoms with Crippen LogP contribution in [0.15, 0.2) is 4.99 Å². The first-order valence-corrected chi connectivity index (χ1v) is 8.06. The van der Waals surface area contributed by atoms with Crippen molar-refractivity contribution in [3.05, 3.63) is 0 Å². The molecule has 0 aromatic heterocycles. The summed E-state index contributed by atoms with van der Waals surface area (Å²) >= 11 is 1.67. The monoisotopic (exact) mass is 250 g/mol. The van der Waals surface area contributed by atoms with E-state index in [1.54, 1.807) is 11.8 Å². The maximum atomic E-state index is 11.1. The Hall–Kier alpha value is -0.230. The van der Waals surface area contributed by atoms with E-state index in [-0.39, 0.29) is 11.8 Å². The Morgan fingerprint density at radius 2 is 2.33 bits per heavy atom. The Bertz CT molecular complexity index is 338. The molecule has 1 aliphatic heterocycles. The Kier molecular flexibility index (Phi) is 4.45. The Balaban J connectivity index is 2.47. The van der Waals surface area contributed by atoms with E-state index >= 15 is 0 Å². The zero-order chi connectivity index (χ0) is 11.5. The Labute approximate surface area is 95.8 Å². The first kappa shape index (κ1) is 12.8. The number of nitrogens with zero attached hydrogens (tertiary/aromatic N) is 1. The number of hydrogen-bond donors (Lipinski definition) is 1. The molecular formula is C9H18N2O2S2. The van der Waals surface area contributed by atoms with E-state index in [4.69, 9.17) is 0 Å². The van der Waals surface area contributed by atoms with Crippen LogP contribution in [0.25, 0.3) is 0 Å². The van der Waals surface area contributed by atoms with Gasteiger partial charge in [0.05, 0.1) is 11.8 Å². The lowest BCUT2D eigenvalue weighted by Crippen LogP contribution is -2.37. The lowest BCUT2D eigenvalue weighted by Gasteiger charge is -2.20. The van der Waals surface area contributed by atoms with Gasteiger partial charge in [0, 0.05) is 18.1 Å². The van der Waals surface area contributed by atoms with Crippen LogP contribution in [0.5, 0.6) is 0 Å². The van der Waals surface area contributed by atoms with E-state index in [9.17, 15) is 8.42 Å². The molecule has 0 aromatic rings. The summed E-state index contributed by atoms with van der Waals surface area (Å²) in [5, 5.41) is 4.02. The minimum Gasteiger partial charge on any atom is -0.361 e. The number of nitrogens with one attached hydrogen (secondary N) is 1. The van der Waals surface area contributed by atoms with Crippen molar-refractivity contribution < 1.29 is 8.42 Å². The molecule has 88 valence electrons. The third kappa shape index (κ3) is 5.41. The van der Waals surface area contributed by atoms with Crippen molar-refractivity contribution >= 4 is 26.8 Å². The van der Waals surface area contributed by atoms with Crippen LogP contribution in [0.4, 0.5) is 0 Å². The predicted molar refractivity (Wildman–Crippen MR) is 66.3 cm³/mol. The third-order valence-electron chi connectivity index (χ3n) is 2.03. The van der Waals surface area contributed by atoms with Crippen LogP contribution in [0.1, 0.15) is 20.3 Å². The molecule has 15 heavy (non-hydrogen) atoms. The highest BCUT2D eigenvalue weighted by Crippen LogP contribution is 2.16. The summed E-state index contributed by atoms with van der Waals surface area (Å²) in [4.78, 5) is 4.43. The maximum absolute atomic E-state index is 11.1. The molecule has 0 aliphatic carbocycles. The Morgan fingerprint density at radius 3 is 2.87 bits per heavy atom. The van der Waals surface area contributed by atoms with Gasteiger partial charge in [0.1, 0.15) is 9.84 Å². The van der Waals surface area contributed by atoms with Crippen molar-refractivity contribution in [2.75, 3.05) is 17.8 Å². The van der Waals surface area contributed by atoms with Gasteiger partial charge in [-0.25, -0.2) is 8.42 Å². The molecule has 0 amide bonds. The van der Waals surface area contributed by atoms with Gasteiger partial charge >= 0.3 is 0 Å². The van der Waals surface area contributed by atoms with Crippen molar-refractivity contribution in [1.82, 2.24) is 5.32 Å². The van der Waals surface area contributed by atoms with Gasteiger partial charge in [0.15, 0.2) is 5.17 Å². The number of thioether (sulfide) groups is 1. The largest absolute Gasteiger partial charge is 0.361 e. The fraction of sp³-hybridized carbons (Fsp3) is 0.889. The van der Waals surface area contributed by atoms with Crippen molar-refractivity contribution in [3.8, 4) is 0 Å². The molecule has 2 atom stereocenters. The highest BCUT2D eigenvalue weighted by Gasteiger charge is 2.15. The molecule has 1 rings (SSSR count). The first-order valence-electron chi connectivity index (χ1n) is 5.01. The molecule has 0 saturated heterocycles. The molecular weight excluding hydrogens is 232 g/mol. The van der Waals surface area contributed by atoms with Gasteiger partial charge in [-0.15, -0.1) is 0 Å². The van der Waals surface area contributed by atoms with E-state index in [0.29, 0.717) is 6.04 Å². The fourth-order valence-electron chi connectivity index (χ4n) is 1.41. The molecule has 0 radical (unpaired) electrons. The molecule has 0 fully saturated rings. The van der Waals surface area contributed by atoms with Gasteiger partial charge in [-0.1, -0.05) is 11.8 Å². The quantitative estimate of drug-likeness (QED) is 0.808. The highest BCUT2D eigenvalue weighted by molar-refractivity contribution is 8.13. The average molecular weight is 250 g/mol. The minimum atomic E-state index is -2.91. The van der Waals surface area contributed by atoms with Gasteiger partial charge in [0.2, 0.25) is 0 Å². The standard InChI is InChI=1S/C9H18N2O2S2/c1-7-4-5-14-9(10-7)11-8(2)6-15(3,12)13/h7-8H,4-6H2,1-3H3,(H,10,11). The van der Waals surface area contributed by atoms with Crippen molar-refractivity contribution in [1.29, 1.82) is 0 Å². The number of hydrogen-bond acceptors (Lipinski definition) is 5. The maximum Gasteiger partial charge on any atom is 0.157 e. The molecule has 4 nitrogen and oxygen atoms in total. The molecule has 0 aromatic carbocycles. The molecule has 6 heteroatoms. The zero-order valence-corrected chi connectivity index (χ0v) is 11.0. The van der Waals surface area contributed by atoms with Crippen LogP contribution >= 0.6 is 11.8 Å². The molecule has 1 N–H and O–H groups in total. The number of sulfone groups is 1. The predicted octanol–water partition coefficient (Wildman–Crippen LogP) is 0.890. The number of amidine groups is 1. The summed E-state index contributed by atoms with van der Waals surface area (Å²) in [5.41, 5.74) is 0. The SMILES string of the molecule is CC1CCSC(NC(C)CS(C)(=O)=O)=N1. The normalized spacial score (nSPS) is 24.5. The zero-order valence-electron chi connectivity index (χ0n) is 9.36. The molecule has 0 bridgehead atoms. The van der Waals surface area contributed by atoms with Gasteiger partial charge < -0.3 is 5.32 Å². The smallest absolute Gasteiger partial charge is 0.157 e. The van der Waals surface area contributed by atoms with E-state index in [1.807, 2.05) is 6.92 Å². The lowest BCUT2D eigenvalue weighted by molar-refractivity contribution is 0.591. The van der Waals surface area contributed by atoms with Crippen LogP contribution in [-0.2, 0) is 9.84 Å². The third-order valence-corrected chi connectivity index (χ3v) is 4.08. The summed E-state index contributed by atoms with van der Waals surface area (Å²) in [7, 11) is -2.91. The average Bonchev–Trinajstić information content (AvgIpc) is 1.99. The lowest BCUT2D eigenvalue weighted by atomic mass is 10.3. The van der Waals surface area contributed by atoms with Gasteiger partial charge in [-0.2, -0.15) is 0 Å². The highest BCUT2D eigenvalue weighted by atomic mass is 32.2. The van der Waals surface area contributed by atoms with E-state index in [0.717, 1.165) is 17.3 Å². The minimum absolute atomic E-state index is 0.0726. The van der Waals surface area contributed by atoms with Crippen LogP contribution in [0.2, 0.25) is 0 Å². The number of aliphatic imine (C=N–C) groups is 1. The Morgan fingerprint density at radius 1 is 1.67 bits per heavy atom. The van der Waals surface area contributed by atoms with Crippen LogP contribution < -0.4 is 5.32 Å². The summed E-state index contributed by atoms with van der Waals surface area (Å²) in [6.07, 6.45) is 2.35. The van der Waals surface area contributed by atoms with Crippen LogP contribution in [0.3, 0.4) is 0 Å².